The number of hydrogen-bond donors (Lipinski definition) is 2. The van der Waals surface area contributed by atoms with Gasteiger partial charge in [-0.1, -0.05) is 6.92 Å². The molecule has 0 aromatic rings. The minimum atomic E-state index is -1.82. The molecule has 5 heteroatoms. The van der Waals surface area contributed by atoms with Gasteiger partial charge in [0.05, 0.1) is 6.67 Å². The Labute approximate surface area is 63.2 Å². The summed E-state index contributed by atoms with van der Waals surface area (Å²) in [6.45, 7) is 0.371. The number of aliphatic carboxylic acids is 1. The molecule has 0 aliphatic heterocycles. The first-order valence-electron chi connectivity index (χ1n) is 3.19. The number of halogens is 2. The first-order chi connectivity index (χ1) is 5.00. The monoisotopic (exact) mass is 167 g/mol. The van der Waals surface area contributed by atoms with E-state index < -0.39 is 30.8 Å². The maximum atomic E-state index is 12.7. The van der Waals surface area contributed by atoms with E-state index in [1.54, 1.807) is 0 Å². The summed E-state index contributed by atoms with van der Waals surface area (Å²) < 4.78 is 24.5. The molecule has 0 heterocycles. The molecule has 0 bridgehead atoms. The van der Waals surface area contributed by atoms with Gasteiger partial charge in [0.2, 0.25) is 0 Å². The molecule has 3 atom stereocenters. The number of nitrogens with two attached hydrogens (primary N) is 1. The van der Waals surface area contributed by atoms with Gasteiger partial charge in [-0.3, -0.25) is 9.18 Å². The highest BCUT2D eigenvalue weighted by atomic mass is 19.1. The first-order valence-corrected chi connectivity index (χ1v) is 3.19. The van der Waals surface area contributed by atoms with E-state index in [2.05, 4.69) is 0 Å². The van der Waals surface area contributed by atoms with Crippen LogP contribution in [0.15, 0.2) is 0 Å². The number of carboxylic acids is 1. The van der Waals surface area contributed by atoms with Crippen LogP contribution in [-0.4, -0.2) is 30.0 Å². The fraction of sp³-hybridized carbons (Fsp3) is 0.833. The zero-order chi connectivity index (χ0) is 9.02. The summed E-state index contributed by atoms with van der Waals surface area (Å²) in [5.41, 5.74) is 4.90. The van der Waals surface area contributed by atoms with Gasteiger partial charge in [0.1, 0.15) is 12.2 Å². The van der Waals surface area contributed by atoms with Crippen molar-refractivity contribution in [3.63, 3.8) is 0 Å². The van der Waals surface area contributed by atoms with Gasteiger partial charge in [0.15, 0.2) is 0 Å². The van der Waals surface area contributed by atoms with Gasteiger partial charge in [-0.25, -0.2) is 4.39 Å². The molecule has 0 spiro atoms. The smallest absolute Gasteiger partial charge is 0.323 e. The highest BCUT2D eigenvalue weighted by molar-refractivity contribution is 5.73. The summed E-state index contributed by atoms with van der Waals surface area (Å²) in [5.74, 6) is -2.40. The molecule has 3 nitrogen and oxygen atoms in total. The van der Waals surface area contributed by atoms with Gasteiger partial charge < -0.3 is 10.8 Å². The summed E-state index contributed by atoms with van der Waals surface area (Å²) in [6.07, 6.45) is -1.82. The van der Waals surface area contributed by atoms with Crippen molar-refractivity contribution in [2.45, 2.75) is 19.1 Å². The summed E-state index contributed by atoms with van der Waals surface area (Å²) in [6, 6.07) is -1.62. The third-order valence-electron chi connectivity index (χ3n) is 1.42. The fourth-order valence-electron chi connectivity index (χ4n) is 0.575. The molecule has 0 saturated carbocycles. The van der Waals surface area contributed by atoms with E-state index in [9.17, 15) is 13.6 Å². The third-order valence-corrected chi connectivity index (χ3v) is 1.42. The van der Waals surface area contributed by atoms with Crippen LogP contribution in [0.5, 0.6) is 0 Å². The van der Waals surface area contributed by atoms with Crippen LogP contribution in [0.1, 0.15) is 6.92 Å². The minimum Gasteiger partial charge on any atom is -0.480 e. The van der Waals surface area contributed by atoms with E-state index in [-0.39, 0.29) is 0 Å². The van der Waals surface area contributed by atoms with Gasteiger partial charge >= 0.3 is 5.97 Å². The second-order valence-corrected chi connectivity index (χ2v) is 2.44. The molecule has 3 N–H and O–H groups in total. The molecule has 11 heavy (non-hydrogen) atoms. The highest BCUT2D eigenvalue weighted by Crippen LogP contribution is 2.10. The molecule has 0 saturated heterocycles. The predicted molar refractivity (Wildman–Crippen MR) is 35.6 cm³/mol. The SMILES string of the molecule is CC(CF)C(F)C(N)C(=O)O. The van der Waals surface area contributed by atoms with Crippen LogP contribution in [0.4, 0.5) is 8.78 Å². The van der Waals surface area contributed by atoms with E-state index in [0.29, 0.717) is 0 Å². The van der Waals surface area contributed by atoms with Gasteiger partial charge in [0.25, 0.3) is 0 Å². The lowest BCUT2D eigenvalue weighted by Crippen LogP contribution is -2.43. The summed E-state index contributed by atoms with van der Waals surface area (Å²) in [7, 11) is 0. The molecule has 66 valence electrons. The van der Waals surface area contributed by atoms with Crippen LogP contribution >= 0.6 is 0 Å². The molecule has 0 fully saturated rings. The van der Waals surface area contributed by atoms with E-state index >= 15 is 0 Å². The topological polar surface area (TPSA) is 63.3 Å². The molecule has 0 rings (SSSR count). The van der Waals surface area contributed by atoms with Crippen LogP contribution in [0.2, 0.25) is 0 Å². The average Bonchev–Trinajstić information content (AvgIpc) is 2.00. The van der Waals surface area contributed by atoms with Gasteiger partial charge in [-0.05, 0) is 0 Å². The molecular formula is C6H11F2NO2. The van der Waals surface area contributed by atoms with Crippen LogP contribution < -0.4 is 5.73 Å². The van der Waals surface area contributed by atoms with Crippen LogP contribution in [0.3, 0.4) is 0 Å². The molecule has 0 aromatic heterocycles. The van der Waals surface area contributed by atoms with Gasteiger partial charge in [-0.15, -0.1) is 0 Å². The lowest BCUT2D eigenvalue weighted by Gasteiger charge is -2.16. The number of hydrogen-bond acceptors (Lipinski definition) is 2. The number of alkyl halides is 2. The van der Waals surface area contributed by atoms with E-state index in [0.717, 1.165) is 0 Å². The minimum absolute atomic E-state index is 0.901. The number of carboxylic acid groups (broad SMARTS) is 1. The van der Waals surface area contributed by atoms with E-state index in [1.807, 2.05) is 0 Å². The molecule has 0 aliphatic rings. The van der Waals surface area contributed by atoms with Gasteiger partial charge in [0, 0.05) is 5.92 Å². The Morgan fingerprint density at radius 2 is 2.18 bits per heavy atom. The van der Waals surface area contributed by atoms with Crippen molar-refractivity contribution in [1.29, 1.82) is 0 Å². The molecule has 0 radical (unpaired) electrons. The Kier molecular flexibility index (Phi) is 3.95. The van der Waals surface area contributed by atoms with Crippen molar-refractivity contribution in [2.75, 3.05) is 6.67 Å². The van der Waals surface area contributed by atoms with Crippen molar-refractivity contribution in [3.8, 4) is 0 Å². The van der Waals surface area contributed by atoms with Crippen LogP contribution in [0.25, 0.3) is 0 Å². The molecule has 0 aromatic carbocycles. The Morgan fingerprint density at radius 1 is 1.73 bits per heavy atom. The highest BCUT2D eigenvalue weighted by Gasteiger charge is 2.28. The first kappa shape index (κ1) is 10.3. The molecule has 0 aliphatic carbocycles. The summed E-state index contributed by atoms with van der Waals surface area (Å²) >= 11 is 0. The van der Waals surface area contributed by atoms with Crippen LogP contribution in [0, 0.1) is 5.92 Å². The average molecular weight is 167 g/mol. The standard InChI is InChI=1S/C6H11F2NO2/c1-3(2-7)4(8)5(9)6(10)11/h3-5H,2,9H2,1H3,(H,10,11). The molecule has 0 amide bonds. The Morgan fingerprint density at radius 3 is 2.45 bits per heavy atom. The van der Waals surface area contributed by atoms with E-state index in [4.69, 9.17) is 10.8 Å². The van der Waals surface area contributed by atoms with Crippen LogP contribution in [-0.2, 0) is 4.79 Å². The maximum Gasteiger partial charge on any atom is 0.323 e. The van der Waals surface area contributed by atoms with Gasteiger partial charge in [-0.2, -0.15) is 0 Å². The molecule has 3 unspecified atom stereocenters. The van der Waals surface area contributed by atoms with Crippen molar-refractivity contribution in [1.82, 2.24) is 0 Å². The largest absolute Gasteiger partial charge is 0.480 e. The third kappa shape index (κ3) is 2.80. The quantitative estimate of drug-likeness (QED) is 0.634. The Hall–Kier alpha value is -0.710. The van der Waals surface area contributed by atoms with Crippen molar-refractivity contribution in [3.05, 3.63) is 0 Å². The number of rotatable bonds is 4. The zero-order valence-corrected chi connectivity index (χ0v) is 6.13. The summed E-state index contributed by atoms with van der Waals surface area (Å²) in [5, 5.41) is 8.21. The molecular weight excluding hydrogens is 156 g/mol. The Bertz CT molecular complexity index is 143. The fourth-order valence-corrected chi connectivity index (χ4v) is 0.575. The van der Waals surface area contributed by atoms with Crippen molar-refractivity contribution < 1.29 is 18.7 Å². The lowest BCUT2D eigenvalue weighted by molar-refractivity contribution is -0.140. The maximum absolute atomic E-state index is 12.7. The lowest BCUT2D eigenvalue weighted by atomic mass is 10.0. The predicted octanol–water partition coefficient (Wildman–Crippen LogP) is 0.342. The zero-order valence-electron chi connectivity index (χ0n) is 6.13. The normalized spacial score (nSPS) is 18.9. The second-order valence-electron chi connectivity index (χ2n) is 2.44. The summed E-state index contributed by atoms with van der Waals surface area (Å²) in [4.78, 5) is 10.1. The van der Waals surface area contributed by atoms with Crippen molar-refractivity contribution in [2.24, 2.45) is 11.7 Å². The van der Waals surface area contributed by atoms with Crippen molar-refractivity contribution >= 4 is 5.97 Å². The Balaban J connectivity index is 4.00. The number of carbonyl (C=O) groups is 1. The van der Waals surface area contributed by atoms with E-state index in [1.165, 1.54) is 6.92 Å². The second kappa shape index (κ2) is 4.23.